The van der Waals surface area contributed by atoms with Crippen molar-refractivity contribution in [2.45, 2.75) is 19.8 Å². The first-order valence-electron chi connectivity index (χ1n) is 5.78. The SMILES string of the molecule is CCCCNC(=O)c1cc2cc(N)ccc2s1. The van der Waals surface area contributed by atoms with E-state index >= 15 is 0 Å². The highest BCUT2D eigenvalue weighted by Crippen LogP contribution is 2.27. The normalized spacial score (nSPS) is 10.6. The van der Waals surface area contributed by atoms with Gasteiger partial charge in [0.2, 0.25) is 0 Å². The lowest BCUT2D eigenvalue weighted by Crippen LogP contribution is -2.23. The lowest BCUT2D eigenvalue weighted by atomic mass is 10.2. The number of anilines is 1. The molecule has 0 radical (unpaired) electrons. The van der Waals surface area contributed by atoms with Crippen molar-refractivity contribution in [2.24, 2.45) is 0 Å². The highest BCUT2D eigenvalue weighted by atomic mass is 32.1. The van der Waals surface area contributed by atoms with Crippen LogP contribution in [0.3, 0.4) is 0 Å². The maximum absolute atomic E-state index is 11.8. The highest BCUT2D eigenvalue weighted by Gasteiger charge is 2.09. The number of nitrogen functional groups attached to an aromatic ring is 1. The van der Waals surface area contributed by atoms with Crippen LogP contribution in [-0.4, -0.2) is 12.5 Å². The van der Waals surface area contributed by atoms with Gasteiger partial charge in [-0.05, 0) is 36.1 Å². The van der Waals surface area contributed by atoms with Gasteiger partial charge in [-0.15, -0.1) is 11.3 Å². The number of hydrogen-bond acceptors (Lipinski definition) is 3. The van der Waals surface area contributed by atoms with Gasteiger partial charge in [-0.2, -0.15) is 0 Å². The average molecular weight is 248 g/mol. The van der Waals surface area contributed by atoms with Gasteiger partial charge >= 0.3 is 0 Å². The Morgan fingerprint density at radius 3 is 3.00 bits per heavy atom. The molecule has 90 valence electrons. The molecule has 0 aliphatic carbocycles. The Labute approximate surface area is 105 Å². The fourth-order valence-electron chi connectivity index (χ4n) is 1.64. The summed E-state index contributed by atoms with van der Waals surface area (Å²) in [5.41, 5.74) is 6.44. The summed E-state index contributed by atoms with van der Waals surface area (Å²) < 4.78 is 1.10. The van der Waals surface area contributed by atoms with E-state index in [1.54, 1.807) is 0 Å². The number of rotatable bonds is 4. The van der Waals surface area contributed by atoms with Crippen molar-refractivity contribution in [1.82, 2.24) is 5.32 Å². The monoisotopic (exact) mass is 248 g/mol. The van der Waals surface area contributed by atoms with Crippen molar-refractivity contribution in [3.8, 4) is 0 Å². The number of hydrogen-bond donors (Lipinski definition) is 2. The fourth-order valence-corrected chi connectivity index (χ4v) is 2.60. The number of amides is 1. The lowest BCUT2D eigenvalue weighted by Gasteiger charge is -2.00. The van der Waals surface area contributed by atoms with E-state index in [0.29, 0.717) is 0 Å². The third-order valence-corrected chi connectivity index (χ3v) is 3.69. The first-order valence-corrected chi connectivity index (χ1v) is 6.59. The quantitative estimate of drug-likeness (QED) is 0.645. The van der Waals surface area contributed by atoms with Crippen LogP contribution in [0.1, 0.15) is 29.4 Å². The second-order valence-corrected chi connectivity index (χ2v) is 5.10. The molecule has 0 bridgehead atoms. The molecule has 1 heterocycles. The van der Waals surface area contributed by atoms with Crippen LogP contribution in [0.5, 0.6) is 0 Å². The van der Waals surface area contributed by atoms with Gasteiger partial charge in [0, 0.05) is 16.9 Å². The van der Waals surface area contributed by atoms with Crippen LogP contribution in [0.4, 0.5) is 5.69 Å². The number of carbonyl (C=O) groups excluding carboxylic acids is 1. The lowest BCUT2D eigenvalue weighted by molar-refractivity contribution is 0.0957. The third-order valence-electron chi connectivity index (χ3n) is 2.58. The van der Waals surface area contributed by atoms with E-state index in [0.717, 1.165) is 40.0 Å². The number of thiophene rings is 1. The van der Waals surface area contributed by atoms with Crippen LogP contribution >= 0.6 is 11.3 Å². The van der Waals surface area contributed by atoms with E-state index in [-0.39, 0.29) is 5.91 Å². The molecule has 1 aromatic heterocycles. The Morgan fingerprint density at radius 2 is 2.24 bits per heavy atom. The number of unbranched alkanes of at least 4 members (excludes halogenated alkanes) is 1. The Hall–Kier alpha value is -1.55. The molecule has 2 aromatic rings. The largest absolute Gasteiger partial charge is 0.399 e. The number of benzene rings is 1. The van der Waals surface area contributed by atoms with Gasteiger partial charge < -0.3 is 11.1 Å². The molecule has 0 atom stereocenters. The molecule has 0 saturated heterocycles. The summed E-state index contributed by atoms with van der Waals surface area (Å²) >= 11 is 1.50. The van der Waals surface area contributed by atoms with Crippen LogP contribution < -0.4 is 11.1 Å². The molecule has 1 amide bonds. The molecule has 0 saturated carbocycles. The topological polar surface area (TPSA) is 55.1 Å². The highest BCUT2D eigenvalue weighted by molar-refractivity contribution is 7.20. The van der Waals surface area contributed by atoms with Gasteiger partial charge in [-0.25, -0.2) is 0 Å². The molecule has 0 fully saturated rings. The van der Waals surface area contributed by atoms with E-state index in [4.69, 9.17) is 5.73 Å². The van der Waals surface area contributed by atoms with Crippen molar-refractivity contribution in [3.63, 3.8) is 0 Å². The second-order valence-electron chi connectivity index (χ2n) is 4.02. The standard InChI is InChI=1S/C13H16N2OS/c1-2-3-6-15-13(16)12-8-9-7-10(14)4-5-11(9)17-12/h4-5,7-8H,2-3,6,14H2,1H3,(H,15,16). The molecule has 0 spiro atoms. The molecule has 3 N–H and O–H groups in total. The van der Waals surface area contributed by atoms with Crippen molar-refractivity contribution in [1.29, 1.82) is 0 Å². The first kappa shape index (κ1) is 11.9. The van der Waals surface area contributed by atoms with Gasteiger partial charge in [-0.3, -0.25) is 4.79 Å². The van der Waals surface area contributed by atoms with Gasteiger partial charge in [0.05, 0.1) is 4.88 Å². The third kappa shape index (κ3) is 2.77. The van der Waals surface area contributed by atoms with Crippen LogP contribution in [0, 0.1) is 0 Å². The zero-order chi connectivity index (χ0) is 12.3. The van der Waals surface area contributed by atoms with Gasteiger partial charge in [-0.1, -0.05) is 13.3 Å². The predicted molar refractivity (Wildman–Crippen MR) is 73.5 cm³/mol. The predicted octanol–water partition coefficient (Wildman–Crippen LogP) is 3.01. The van der Waals surface area contributed by atoms with Crippen LogP contribution in [0.25, 0.3) is 10.1 Å². The van der Waals surface area contributed by atoms with Crippen LogP contribution in [-0.2, 0) is 0 Å². The van der Waals surface area contributed by atoms with Crippen LogP contribution in [0.2, 0.25) is 0 Å². The molecule has 4 heteroatoms. The van der Waals surface area contributed by atoms with Crippen molar-refractivity contribution >= 4 is 33.0 Å². The zero-order valence-electron chi connectivity index (χ0n) is 9.82. The molecular formula is C13H16N2OS. The average Bonchev–Trinajstić information content (AvgIpc) is 2.72. The van der Waals surface area contributed by atoms with E-state index in [1.807, 2.05) is 24.3 Å². The van der Waals surface area contributed by atoms with E-state index in [2.05, 4.69) is 12.2 Å². The minimum Gasteiger partial charge on any atom is -0.399 e. The maximum Gasteiger partial charge on any atom is 0.261 e. The van der Waals surface area contributed by atoms with E-state index < -0.39 is 0 Å². The molecule has 0 aliphatic heterocycles. The molecule has 0 unspecified atom stereocenters. The summed E-state index contributed by atoms with van der Waals surface area (Å²) in [6.45, 7) is 2.85. The van der Waals surface area contributed by atoms with Crippen molar-refractivity contribution in [2.75, 3.05) is 12.3 Å². The summed E-state index contributed by atoms with van der Waals surface area (Å²) in [7, 11) is 0. The fraction of sp³-hybridized carbons (Fsp3) is 0.308. The Bertz CT molecular complexity index is 533. The number of fused-ring (bicyclic) bond motifs is 1. The summed E-state index contributed by atoms with van der Waals surface area (Å²) in [5, 5.41) is 3.95. The molecule has 1 aromatic carbocycles. The minimum absolute atomic E-state index is 0.0122. The zero-order valence-corrected chi connectivity index (χ0v) is 10.6. The molecular weight excluding hydrogens is 232 g/mol. The Morgan fingerprint density at radius 1 is 1.41 bits per heavy atom. The van der Waals surface area contributed by atoms with Gasteiger partial charge in [0.1, 0.15) is 0 Å². The molecule has 0 aliphatic rings. The number of nitrogens with one attached hydrogen (secondary N) is 1. The van der Waals surface area contributed by atoms with Gasteiger partial charge in [0.25, 0.3) is 5.91 Å². The summed E-state index contributed by atoms with van der Waals surface area (Å²) in [6.07, 6.45) is 2.10. The number of carbonyl (C=O) groups is 1. The summed E-state index contributed by atoms with van der Waals surface area (Å²) in [5.74, 6) is 0.0122. The second kappa shape index (κ2) is 5.19. The van der Waals surface area contributed by atoms with Crippen molar-refractivity contribution < 1.29 is 4.79 Å². The molecule has 17 heavy (non-hydrogen) atoms. The summed E-state index contributed by atoms with van der Waals surface area (Å²) in [4.78, 5) is 12.6. The van der Waals surface area contributed by atoms with Crippen LogP contribution in [0.15, 0.2) is 24.3 Å². The minimum atomic E-state index is 0.0122. The van der Waals surface area contributed by atoms with Gasteiger partial charge in [0.15, 0.2) is 0 Å². The maximum atomic E-state index is 11.8. The molecule has 2 rings (SSSR count). The summed E-state index contributed by atoms with van der Waals surface area (Å²) in [6, 6.07) is 7.61. The number of nitrogens with two attached hydrogens (primary N) is 1. The Kier molecular flexibility index (Phi) is 3.64. The first-order chi connectivity index (χ1) is 8.20. The van der Waals surface area contributed by atoms with Crippen molar-refractivity contribution in [3.05, 3.63) is 29.1 Å². The van der Waals surface area contributed by atoms with E-state index in [1.165, 1.54) is 11.3 Å². The smallest absolute Gasteiger partial charge is 0.261 e. The Balaban J connectivity index is 2.15. The van der Waals surface area contributed by atoms with E-state index in [9.17, 15) is 4.79 Å². The molecule has 3 nitrogen and oxygen atoms in total.